The Bertz CT molecular complexity index is 317. The molecule has 0 aromatic carbocycles. The summed E-state index contributed by atoms with van der Waals surface area (Å²) < 4.78 is 24.8. The maximum atomic E-state index is 13.1. The van der Waals surface area contributed by atoms with E-state index in [2.05, 4.69) is 62.3 Å². The molecule has 0 rings (SSSR count). The molecule has 0 aromatic rings. The zero-order valence-electron chi connectivity index (χ0n) is 16.3. The highest BCUT2D eigenvalue weighted by Gasteiger charge is 2.30. The summed E-state index contributed by atoms with van der Waals surface area (Å²) in [5, 5.41) is 0. The first-order valence-corrected chi connectivity index (χ1v) is 10.6. The predicted molar refractivity (Wildman–Crippen MR) is 96.4 cm³/mol. The molecule has 0 spiro atoms. The van der Waals surface area contributed by atoms with Gasteiger partial charge in [-0.15, -0.1) is 0 Å². The van der Waals surface area contributed by atoms with Crippen LogP contribution >= 0.6 is 7.60 Å². The van der Waals surface area contributed by atoms with E-state index >= 15 is 0 Å². The summed E-state index contributed by atoms with van der Waals surface area (Å²) in [5.41, 5.74) is 0. The van der Waals surface area contributed by atoms with E-state index in [0.717, 1.165) is 0 Å². The summed E-state index contributed by atoms with van der Waals surface area (Å²) in [6.45, 7) is 20.4. The van der Waals surface area contributed by atoms with Gasteiger partial charge < -0.3 is 9.05 Å². The highest BCUT2D eigenvalue weighted by molar-refractivity contribution is 7.53. The van der Waals surface area contributed by atoms with Crippen molar-refractivity contribution in [1.82, 2.24) is 0 Å². The molecule has 0 radical (unpaired) electrons. The highest BCUT2D eigenvalue weighted by Crippen LogP contribution is 2.51. The lowest BCUT2D eigenvalue weighted by Crippen LogP contribution is -2.19. The van der Waals surface area contributed by atoms with E-state index in [0.29, 0.717) is 54.9 Å². The van der Waals surface area contributed by atoms with Gasteiger partial charge in [-0.3, -0.25) is 4.57 Å². The van der Waals surface area contributed by atoms with Crippen molar-refractivity contribution in [2.24, 2.45) is 35.5 Å². The van der Waals surface area contributed by atoms with Crippen molar-refractivity contribution in [1.29, 1.82) is 0 Å². The average molecular weight is 334 g/mol. The van der Waals surface area contributed by atoms with Crippen LogP contribution in [0.2, 0.25) is 0 Å². The third-order valence-corrected chi connectivity index (χ3v) is 7.10. The largest absolute Gasteiger partial charge is 0.330 e. The van der Waals surface area contributed by atoms with Gasteiger partial charge in [-0.25, -0.2) is 0 Å². The smallest absolute Gasteiger partial charge is 0.308 e. The van der Waals surface area contributed by atoms with E-state index in [-0.39, 0.29) is 0 Å². The molecule has 0 aliphatic rings. The molecular weight excluding hydrogens is 295 g/mol. The Balaban J connectivity index is 4.78. The number of hydrogen-bond acceptors (Lipinski definition) is 3. The van der Waals surface area contributed by atoms with Crippen molar-refractivity contribution in [2.45, 2.75) is 62.3 Å². The molecule has 0 N–H and O–H groups in total. The van der Waals surface area contributed by atoms with Gasteiger partial charge in [0, 0.05) is 0 Å². The van der Waals surface area contributed by atoms with Crippen molar-refractivity contribution in [3.8, 4) is 0 Å². The molecule has 0 bridgehead atoms. The molecule has 3 atom stereocenters. The summed E-state index contributed by atoms with van der Waals surface area (Å²) in [7, 11) is -3.02. The fraction of sp³-hybridized carbons (Fsp3) is 1.00. The van der Waals surface area contributed by atoms with Gasteiger partial charge in [0.1, 0.15) is 0 Å². The van der Waals surface area contributed by atoms with Crippen LogP contribution in [0, 0.1) is 35.5 Å². The average Bonchev–Trinajstić information content (AvgIpc) is 2.41. The van der Waals surface area contributed by atoms with Crippen molar-refractivity contribution in [2.75, 3.05) is 19.4 Å². The summed E-state index contributed by atoms with van der Waals surface area (Å²) in [5.74, 6) is 2.61. The third-order valence-electron chi connectivity index (χ3n) is 4.99. The molecule has 134 valence electrons. The van der Waals surface area contributed by atoms with Gasteiger partial charge >= 0.3 is 7.60 Å². The van der Waals surface area contributed by atoms with E-state index < -0.39 is 7.60 Å². The summed E-state index contributed by atoms with van der Waals surface area (Å²) in [6, 6.07) is 0. The Morgan fingerprint density at radius 1 is 0.636 bits per heavy atom. The van der Waals surface area contributed by atoms with Crippen LogP contribution in [0.1, 0.15) is 62.3 Å². The summed E-state index contributed by atoms with van der Waals surface area (Å²) in [4.78, 5) is 0. The molecule has 3 unspecified atom stereocenters. The summed E-state index contributed by atoms with van der Waals surface area (Å²) in [6.07, 6.45) is 0.514. The second kappa shape index (κ2) is 10.1. The molecule has 0 fully saturated rings. The van der Waals surface area contributed by atoms with Gasteiger partial charge in [0.05, 0.1) is 19.4 Å². The van der Waals surface area contributed by atoms with Crippen LogP contribution in [0.5, 0.6) is 0 Å². The standard InChI is InChI=1S/C18H39O3P/c1-13(2)16(7)10-20-22(19,12-18(9)15(5)6)21-11-17(8)14(3)4/h13-18H,10-12H2,1-9H3. The van der Waals surface area contributed by atoms with Gasteiger partial charge in [-0.05, 0) is 35.5 Å². The fourth-order valence-corrected chi connectivity index (χ4v) is 3.89. The van der Waals surface area contributed by atoms with Gasteiger partial charge in [-0.2, -0.15) is 0 Å². The fourth-order valence-electron chi connectivity index (χ4n) is 1.55. The minimum Gasteiger partial charge on any atom is -0.308 e. The van der Waals surface area contributed by atoms with Crippen molar-refractivity contribution < 1.29 is 13.6 Å². The first kappa shape index (κ1) is 22.1. The Labute approximate surface area is 139 Å². The monoisotopic (exact) mass is 334 g/mol. The van der Waals surface area contributed by atoms with Gasteiger partial charge in [0.15, 0.2) is 0 Å². The van der Waals surface area contributed by atoms with Crippen LogP contribution in [0.15, 0.2) is 0 Å². The Morgan fingerprint density at radius 2 is 0.955 bits per heavy atom. The third kappa shape index (κ3) is 8.70. The second-order valence-electron chi connectivity index (χ2n) is 8.05. The lowest BCUT2D eigenvalue weighted by atomic mass is 10.00. The molecule has 0 aliphatic carbocycles. The topological polar surface area (TPSA) is 35.5 Å². The molecule has 0 saturated heterocycles. The molecule has 4 heteroatoms. The van der Waals surface area contributed by atoms with E-state index in [1.165, 1.54) is 0 Å². The SMILES string of the molecule is CC(C)C(C)COP(=O)(CC(C)C(C)C)OCC(C)C(C)C. The van der Waals surface area contributed by atoms with Gasteiger partial charge in [0.25, 0.3) is 0 Å². The quantitative estimate of drug-likeness (QED) is 0.429. The van der Waals surface area contributed by atoms with Crippen LogP contribution in [-0.4, -0.2) is 19.4 Å². The van der Waals surface area contributed by atoms with Gasteiger partial charge in [0.2, 0.25) is 0 Å². The molecule has 3 nitrogen and oxygen atoms in total. The molecule has 22 heavy (non-hydrogen) atoms. The van der Waals surface area contributed by atoms with Crippen LogP contribution in [0.25, 0.3) is 0 Å². The molecule has 0 amide bonds. The maximum Gasteiger partial charge on any atom is 0.330 e. The zero-order chi connectivity index (χ0) is 17.5. The van der Waals surface area contributed by atoms with E-state index in [9.17, 15) is 4.57 Å². The minimum absolute atomic E-state index is 0.328. The zero-order valence-corrected chi connectivity index (χ0v) is 17.2. The highest BCUT2D eigenvalue weighted by atomic mass is 31.2. The van der Waals surface area contributed by atoms with Crippen LogP contribution in [-0.2, 0) is 13.6 Å². The van der Waals surface area contributed by atoms with E-state index in [4.69, 9.17) is 9.05 Å². The number of hydrogen-bond donors (Lipinski definition) is 0. The minimum atomic E-state index is -3.02. The molecular formula is C18H39O3P. The molecule has 0 heterocycles. The lowest BCUT2D eigenvalue weighted by molar-refractivity contribution is 0.142. The van der Waals surface area contributed by atoms with Crippen LogP contribution in [0.3, 0.4) is 0 Å². The Hall–Kier alpha value is 0.150. The van der Waals surface area contributed by atoms with Crippen molar-refractivity contribution in [3.05, 3.63) is 0 Å². The molecule has 0 saturated carbocycles. The van der Waals surface area contributed by atoms with E-state index in [1.807, 2.05) is 0 Å². The van der Waals surface area contributed by atoms with Crippen LogP contribution in [0.4, 0.5) is 0 Å². The second-order valence-corrected chi connectivity index (χ2v) is 10.2. The van der Waals surface area contributed by atoms with Crippen molar-refractivity contribution in [3.63, 3.8) is 0 Å². The normalized spacial score (nSPS) is 19.5. The first-order valence-electron chi connectivity index (χ1n) is 8.86. The lowest BCUT2D eigenvalue weighted by Gasteiger charge is -2.27. The van der Waals surface area contributed by atoms with Gasteiger partial charge in [-0.1, -0.05) is 62.3 Å². The molecule has 0 aromatic heterocycles. The van der Waals surface area contributed by atoms with Crippen LogP contribution < -0.4 is 0 Å². The first-order chi connectivity index (χ1) is 9.98. The maximum absolute atomic E-state index is 13.1. The Kier molecular flexibility index (Phi) is 10.2. The Morgan fingerprint density at radius 3 is 1.23 bits per heavy atom. The predicted octanol–water partition coefficient (Wildman–Crippen LogP) is 6.09. The molecule has 0 aliphatic heterocycles. The van der Waals surface area contributed by atoms with Crippen molar-refractivity contribution >= 4 is 7.60 Å². The summed E-state index contributed by atoms with van der Waals surface area (Å²) >= 11 is 0. The number of rotatable bonds is 11. The van der Waals surface area contributed by atoms with E-state index in [1.54, 1.807) is 0 Å².